The molecule has 1 amide bonds. The first kappa shape index (κ1) is 17.1. The number of carbonyl (C=O) groups is 1. The van der Waals surface area contributed by atoms with Crippen molar-refractivity contribution in [2.24, 2.45) is 0 Å². The molecule has 0 saturated carbocycles. The first-order chi connectivity index (χ1) is 9.38. The number of benzene rings is 1. The zero-order chi connectivity index (χ0) is 15.2. The summed E-state index contributed by atoms with van der Waals surface area (Å²) in [5.74, 6) is 0.0983. The molecule has 0 aliphatic heterocycles. The van der Waals surface area contributed by atoms with Crippen LogP contribution in [-0.4, -0.2) is 23.7 Å². The summed E-state index contributed by atoms with van der Waals surface area (Å²) in [4.78, 5) is 13.3. The third kappa shape index (κ3) is 5.55. The van der Waals surface area contributed by atoms with Crippen molar-refractivity contribution < 1.29 is 4.79 Å². The van der Waals surface area contributed by atoms with E-state index in [0.717, 1.165) is 17.9 Å². The summed E-state index contributed by atoms with van der Waals surface area (Å²) >= 11 is 1.60. The second-order valence-electron chi connectivity index (χ2n) is 5.66. The molecule has 20 heavy (non-hydrogen) atoms. The van der Waals surface area contributed by atoms with Crippen LogP contribution in [0.5, 0.6) is 0 Å². The molecule has 3 nitrogen and oxygen atoms in total. The zero-order valence-corrected chi connectivity index (χ0v) is 13.9. The normalized spacial score (nSPS) is 13.1. The number of carbonyl (C=O) groups excluding carboxylic acids is 1. The highest BCUT2D eigenvalue weighted by atomic mass is 32.2. The maximum absolute atomic E-state index is 12.1. The summed E-state index contributed by atoms with van der Waals surface area (Å²) in [5.41, 5.74) is 1.11. The average molecular weight is 294 g/mol. The largest absolute Gasteiger partial charge is 0.350 e. The molecule has 0 saturated heterocycles. The molecule has 0 aliphatic carbocycles. The minimum absolute atomic E-state index is 0.0871. The number of thioether (sulfide) groups is 1. The highest BCUT2D eigenvalue weighted by Gasteiger charge is 2.22. The van der Waals surface area contributed by atoms with Gasteiger partial charge in [0, 0.05) is 17.0 Å². The monoisotopic (exact) mass is 294 g/mol. The summed E-state index contributed by atoms with van der Waals surface area (Å²) in [6, 6.07) is 8.34. The van der Waals surface area contributed by atoms with Gasteiger partial charge in [-0.1, -0.05) is 19.1 Å². The minimum Gasteiger partial charge on any atom is -0.350 e. The Morgan fingerprint density at radius 1 is 1.30 bits per heavy atom. The summed E-state index contributed by atoms with van der Waals surface area (Å²) in [6.45, 7) is 9.00. The number of hydrogen-bond acceptors (Lipinski definition) is 3. The Hall–Kier alpha value is -1.00. The molecule has 4 heteroatoms. The van der Waals surface area contributed by atoms with Crippen LogP contribution in [0.15, 0.2) is 29.2 Å². The molecule has 1 atom stereocenters. The van der Waals surface area contributed by atoms with Crippen molar-refractivity contribution in [3.05, 3.63) is 29.8 Å². The second kappa shape index (κ2) is 7.70. The Kier molecular flexibility index (Phi) is 6.56. The molecule has 1 aromatic rings. The molecule has 0 aliphatic rings. The molecular formula is C16H26N2OS. The van der Waals surface area contributed by atoms with Gasteiger partial charge < -0.3 is 10.6 Å². The number of amides is 1. The van der Waals surface area contributed by atoms with Gasteiger partial charge in [0.25, 0.3) is 0 Å². The fourth-order valence-corrected chi connectivity index (χ4v) is 2.54. The van der Waals surface area contributed by atoms with Crippen molar-refractivity contribution in [2.45, 2.75) is 56.3 Å². The molecule has 1 unspecified atom stereocenters. The predicted octanol–water partition coefficient (Wildman–Crippen LogP) is 3.19. The summed E-state index contributed by atoms with van der Waals surface area (Å²) in [7, 11) is 1.94. The van der Waals surface area contributed by atoms with Crippen LogP contribution in [0, 0.1) is 0 Å². The second-order valence-corrected chi connectivity index (χ2v) is 7.08. The van der Waals surface area contributed by atoms with Gasteiger partial charge in [0.2, 0.25) is 5.91 Å². The lowest BCUT2D eigenvalue weighted by Crippen LogP contribution is -2.46. The van der Waals surface area contributed by atoms with Crippen molar-refractivity contribution >= 4 is 17.7 Å². The third-order valence-corrected chi connectivity index (χ3v) is 4.44. The van der Waals surface area contributed by atoms with Gasteiger partial charge in [0.15, 0.2) is 0 Å². The lowest BCUT2D eigenvalue weighted by Gasteiger charge is -2.26. The molecule has 1 rings (SSSR count). The van der Waals surface area contributed by atoms with E-state index in [0.29, 0.717) is 0 Å². The van der Waals surface area contributed by atoms with Crippen LogP contribution < -0.4 is 10.6 Å². The Morgan fingerprint density at radius 2 is 1.90 bits per heavy atom. The van der Waals surface area contributed by atoms with E-state index in [-0.39, 0.29) is 16.7 Å². The summed E-state index contributed by atoms with van der Waals surface area (Å²) < 4.78 is 0. The fraction of sp³-hybridized carbons (Fsp3) is 0.562. The average Bonchev–Trinajstić information content (AvgIpc) is 2.41. The maximum Gasteiger partial charge on any atom is 0.233 e. The van der Waals surface area contributed by atoms with Gasteiger partial charge in [-0.15, -0.1) is 11.8 Å². The van der Waals surface area contributed by atoms with Crippen LogP contribution in [0.4, 0.5) is 0 Å². The van der Waals surface area contributed by atoms with Gasteiger partial charge in [-0.25, -0.2) is 0 Å². The first-order valence-corrected chi connectivity index (χ1v) is 7.98. The predicted molar refractivity (Wildman–Crippen MR) is 87.0 cm³/mol. The van der Waals surface area contributed by atoms with Crippen molar-refractivity contribution in [3.63, 3.8) is 0 Å². The molecule has 112 valence electrons. The Bertz CT molecular complexity index is 429. The Labute approximate surface area is 126 Å². The number of hydrogen-bond donors (Lipinski definition) is 2. The zero-order valence-electron chi connectivity index (χ0n) is 13.1. The van der Waals surface area contributed by atoms with E-state index in [1.54, 1.807) is 11.8 Å². The molecule has 0 aromatic heterocycles. The van der Waals surface area contributed by atoms with Crippen LogP contribution in [0.1, 0.15) is 39.7 Å². The van der Waals surface area contributed by atoms with E-state index in [1.165, 1.54) is 5.56 Å². The van der Waals surface area contributed by atoms with Gasteiger partial charge in [0.05, 0.1) is 5.25 Å². The van der Waals surface area contributed by atoms with E-state index in [9.17, 15) is 4.79 Å². The quantitative estimate of drug-likeness (QED) is 0.759. The highest BCUT2D eigenvalue weighted by molar-refractivity contribution is 8.00. The molecule has 0 heterocycles. The van der Waals surface area contributed by atoms with Gasteiger partial charge in [-0.2, -0.15) is 0 Å². The van der Waals surface area contributed by atoms with Crippen LogP contribution in [-0.2, 0) is 11.3 Å². The van der Waals surface area contributed by atoms with Gasteiger partial charge in [-0.05, 0) is 51.9 Å². The Balaban J connectivity index is 2.57. The minimum atomic E-state index is -0.136. The molecule has 0 bridgehead atoms. The standard InChI is InChI=1S/C16H26N2OS/c1-6-16(3,4)18-15(19)12(2)20-14-9-7-13(8-10-14)11-17-5/h7-10,12,17H,6,11H2,1-5H3,(H,18,19). The van der Waals surface area contributed by atoms with E-state index >= 15 is 0 Å². The van der Waals surface area contributed by atoms with E-state index in [2.05, 4.69) is 55.7 Å². The molecule has 1 aromatic carbocycles. The number of nitrogens with one attached hydrogen (secondary N) is 2. The molecule has 2 N–H and O–H groups in total. The maximum atomic E-state index is 12.1. The van der Waals surface area contributed by atoms with Crippen molar-refractivity contribution in [3.8, 4) is 0 Å². The third-order valence-electron chi connectivity index (χ3n) is 3.33. The molecule has 0 spiro atoms. The highest BCUT2D eigenvalue weighted by Crippen LogP contribution is 2.24. The van der Waals surface area contributed by atoms with Gasteiger partial charge in [0.1, 0.15) is 0 Å². The van der Waals surface area contributed by atoms with Crippen LogP contribution >= 0.6 is 11.8 Å². The van der Waals surface area contributed by atoms with Crippen LogP contribution in [0.2, 0.25) is 0 Å². The molecule has 0 radical (unpaired) electrons. The lowest BCUT2D eigenvalue weighted by atomic mass is 10.0. The molecular weight excluding hydrogens is 268 g/mol. The van der Waals surface area contributed by atoms with Crippen LogP contribution in [0.3, 0.4) is 0 Å². The summed E-state index contributed by atoms with van der Waals surface area (Å²) in [6.07, 6.45) is 0.925. The smallest absolute Gasteiger partial charge is 0.233 e. The van der Waals surface area contributed by atoms with Gasteiger partial charge in [-0.3, -0.25) is 4.79 Å². The van der Waals surface area contributed by atoms with Crippen molar-refractivity contribution in [1.82, 2.24) is 10.6 Å². The van der Waals surface area contributed by atoms with E-state index < -0.39 is 0 Å². The fourth-order valence-electron chi connectivity index (χ4n) is 1.67. The van der Waals surface area contributed by atoms with E-state index in [1.807, 2.05) is 14.0 Å². The molecule has 0 fully saturated rings. The van der Waals surface area contributed by atoms with Crippen molar-refractivity contribution in [1.29, 1.82) is 0 Å². The summed E-state index contributed by atoms with van der Waals surface area (Å²) in [5, 5.41) is 6.12. The van der Waals surface area contributed by atoms with Crippen molar-refractivity contribution in [2.75, 3.05) is 7.05 Å². The Morgan fingerprint density at radius 3 is 2.40 bits per heavy atom. The van der Waals surface area contributed by atoms with Gasteiger partial charge >= 0.3 is 0 Å². The first-order valence-electron chi connectivity index (χ1n) is 7.10. The SMILES string of the molecule is CCC(C)(C)NC(=O)C(C)Sc1ccc(CNC)cc1. The lowest BCUT2D eigenvalue weighted by molar-refractivity contribution is -0.121. The number of rotatable bonds is 7. The van der Waals surface area contributed by atoms with Crippen LogP contribution in [0.25, 0.3) is 0 Å². The topological polar surface area (TPSA) is 41.1 Å². The van der Waals surface area contributed by atoms with E-state index in [4.69, 9.17) is 0 Å².